The molecule has 2 aromatic carbocycles. The van der Waals surface area contributed by atoms with Crippen molar-refractivity contribution in [2.75, 3.05) is 17.7 Å². The topological polar surface area (TPSA) is 72.5 Å². The minimum atomic E-state index is -4.55. The van der Waals surface area contributed by atoms with Crippen LogP contribution in [0.1, 0.15) is 0 Å². The van der Waals surface area contributed by atoms with Crippen molar-refractivity contribution in [3.05, 3.63) is 53.6 Å². The van der Waals surface area contributed by atoms with Gasteiger partial charge in [-0.25, -0.2) is 8.42 Å². The number of benzene rings is 2. The van der Waals surface area contributed by atoms with Crippen molar-refractivity contribution in [2.45, 2.75) is 11.1 Å². The first-order chi connectivity index (χ1) is 12.1. The number of amides is 1. The summed E-state index contributed by atoms with van der Waals surface area (Å²) in [4.78, 5) is 11.9. The maximum atomic E-state index is 12.3. The van der Waals surface area contributed by atoms with Crippen molar-refractivity contribution in [1.29, 1.82) is 0 Å². The predicted molar refractivity (Wildman–Crippen MR) is 90.1 cm³/mol. The summed E-state index contributed by atoms with van der Waals surface area (Å²) >= 11 is 5.69. The van der Waals surface area contributed by atoms with E-state index in [-0.39, 0.29) is 16.3 Å². The lowest BCUT2D eigenvalue weighted by Gasteiger charge is -2.13. The molecule has 0 unspecified atom stereocenters. The van der Waals surface area contributed by atoms with E-state index in [1.807, 2.05) is 0 Å². The highest BCUT2D eigenvalue weighted by molar-refractivity contribution is 7.92. The molecular weight excluding hydrogens is 395 g/mol. The van der Waals surface area contributed by atoms with Gasteiger partial charge in [0, 0.05) is 5.02 Å². The van der Waals surface area contributed by atoms with Gasteiger partial charge in [0.15, 0.2) is 16.4 Å². The summed E-state index contributed by atoms with van der Waals surface area (Å²) in [6, 6.07) is 10.7. The van der Waals surface area contributed by atoms with E-state index in [0.717, 1.165) is 0 Å². The number of rotatable bonds is 6. The quantitative estimate of drug-likeness (QED) is 0.792. The van der Waals surface area contributed by atoms with E-state index in [9.17, 15) is 26.4 Å². The first-order valence-corrected chi connectivity index (χ1v) is 9.17. The summed E-state index contributed by atoms with van der Waals surface area (Å²) < 4.78 is 65.9. The van der Waals surface area contributed by atoms with E-state index in [1.54, 1.807) is 0 Å². The van der Waals surface area contributed by atoms with E-state index >= 15 is 0 Å². The Labute approximate surface area is 152 Å². The number of ether oxygens (including phenoxy) is 1. The van der Waals surface area contributed by atoms with Gasteiger partial charge in [-0.05, 0) is 36.4 Å². The summed E-state index contributed by atoms with van der Waals surface area (Å²) in [6.07, 6.45) is -4.55. The molecule has 1 amide bonds. The molecule has 0 aliphatic heterocycles. The van der Waals surface area contributed by atoms with Crippen LogP contribution in [-0.4, -0.2) is 32.9 Å². The van der Waals surface area contributed by atoms with Crippen molar-refractivity contribution in [3.63, 3.8) is 0 Å². The lowest BCUT2D eigenvalue weighted by Crippen LogP contribution is -2.24. The lowest BCUT2D eigenvalue weighted by molar-refractivity contribution is -0.153. The summed E-state index contributed by atoms with van der Waals surface area (Å²) in [5.41, 5.74) is -0.0620. The second-order valence-corrected chi connectivity index (χ2v) is 7.59. The average molecular weight is 408 g/mol. The van der Waals surface area contributed by atoms with Crippen molar-refractivity contribution >= 4 is 33.0 Å². The third-order valence-corrected chi connectivity index (χ3v) is 4.93. The van der Waals surface area contributed by atoms with Crippen LogP contribution in [0.25, 0.3) is 0 Å². The summed E-state index contributed by atoms with van der Waals surface area (Å²) in [7, 11) is -3.94. The Balaban J connectivity index is 2.09. The number of nitrogens with one attached hydrogen (secondary N) is 1. The minimum absolute atomic E-state index is 0.0620. The highest BCUT2D eigenvalue weighted by Gasteiger charge is 2.29. The van der Waals surface area contributed by atoms with Crippen molar-refractivity contribution < 1.29 is 31.1 Å². The molecule has 0 saturated carbocycles. The van der Waals surface area contributed by atoms with Crippen molar-refractivity contribution in [3.8, 4) is 5.75 Å². The molecular formula is C16H13ClF3NO4S. The first-order valence-electron chi connectivity index (χ1n) is 7.13. The number of carbonyl (C=O) groups excluding carboxylic acids is 1. The van der Waals surface area contributed by atoms with Gasteiger partial charge in [0.25, 0.3) is 0 Å². The summed E-state index contributed by atoms with van der Waals surface area (Å²) in [5, 5.41) is 2.58. The van der Waals surface area contributed by atoms with Crippen LogP contribution in [0.3, 0.4) is 0 Å². The molecule has 140 valence electrons. The molecule has 5 nitrogen and oxygen atoms in total. The second-order valence-electron chi connectivity index (χ2n) is 5.16. The van der Waals surface area contributed by atoms with Gasteiger partial charge >= 0.3 is 6.18 Å². The Morgan fingerprint density at radius 1 is 1.08 bits per heavy atom. The van der Waals surface area contributed by atoms with Crippen molar-refractivity contribution in [2.24, 2.45) is 0 Å². The van der Waals surface area contributed by atoms with Gasteiger partial charge in [0.05, 0.1) is 10.6 Å². The highest BCUT2D eigenvalue weighted by Crippen LogP contribution is 2.26. The number of sulfone groups is 1. The van der Waals surface area contributed by atoms with E-state index in [1.165, 1.54) is 48.5 Å². The molecule has 0 atom stereocenters. The monoisotopic (exact) mass is 407 g/mol. The molecule has 0 aliphatic rings. The average Bonchev–Trinajstić information content (AvgIpc) is 2.53. The molecule has 0 fully saturated rings. The fourth-order valence-corrected chi connectivity index (χ4v) is 3.20. The molecule has 10 heteroatoms. The molecule has 0 spiro atoms. The maximum absolute atomic E-state index is 12.3. The number of alkyl halides is 3. The summed E-state index contributed by atoms with van der Waals surface area (Å²) in [6.45, 7) is -1.54. The van der Waals surface area contributed by atoms with Crippen LogP contribution in [0.2, 0.25) is 5.02 Å². The largest absolute Gasteiger partial charge is 0.482 e. The van der Waals surface area contributed by atoms with Gasteiger partial charge in [-0.1, -0.05) is 23.7 Å². The Bertz CT molecular complexity index is 883. The Kier molecular flexibility index (Phi) is 6.14. The van der Waals surface area contributed by atoms with Gasteiger partial charge in [0.1, 0.15) is 11.5 Å². The zero-order chi connectivity index (χ0) is 19.4. The molecule has 1 N–H and O–H groups in total. The first kappa shape index (κ1) is 20.1. The Morgan fingerprint density at radius 2 is 1.69 bits per heavy atom. The van der Waals surface area contributed by atoms with E-state index in [4.69, 9.17) is 11.6 Å². The zero-order valence-electron chi connectivity index (χ0n) is 13.1. The number of halogens is 4. The number of para-hydroxylation sites is 2. The standard InChI is InChI=1S/C16H13ClF3NO4S/c17-11-5-7-12(8-6-11)26(23,24)9-15(22)21-13-3-1-2-4-14(13)25-10-16(18,19)20/h1-8H,9-10H2,(H,21,22). The minimum Gasteiger partial charge on any atom is -0.482 e. The van der Waals surface area contributed by atoms with Crippen LogP contribution in [0, 0.1) is 0 Å². The van der Waals surface area contributed by atoms with Crippen LogP contribution < -0.4 is 10.1 Å². The SMILES string of the molecule is O=C(CS(=O)(=O)c1ccc(Cl)cc1)Nc1ccccc1OCC(F)(F)F. The normalized spacial score (nSPS) is 11.8. The fourth-order valence-electron chi connectivity index (χ4n) is 1.94. The van der Waals surface area contributed by atoms with Gasteiger partial charge in [-0.3, -0.25) is 4.79 Å². The van der Waals surface area contributed by atoms with Crippen LogP contribution >= 0.6 is 11.6 Å². The maximum Gasteiger partial charge on any atom is 0.422 e. The second kappa shape index (κ2) is 7.96. The number of anilines is 1. The van der Waals surface area contributed by atoms with Gasteiger partial charge in [-0.15, -0.1) is 0 Å². The smallest absolute Gasteiger partial charge is 0.422 e. The Hall–Kier alpha value is -2.26. The highest BCUT2D eigenvalue weighted by atomic mass is 35.5. The van der Waals surface area contributed by atoms with E-state index in [2.05, 4.69) is 10.1 Å². The van der Waals surface area contributed by atoms with Crippen LogP contribution in [0.4, 0.5) is 18.9 Å². The van der Waals surface area contributed by atoms with Crippen LogP contribution in [-0.2, 0) is 14.6 Å². The third kappa shape index (κ3) is 5.92. The lowest BCUT2D eigenvalue weighted by atomic mass is 10.3. The molecule has 0 aromatic heterocycles. The van der Waals surface area contributed by atoms with Gasteiger partial charge in [0.2, 0.25) is 5.91 Å². The fraction of sp³-hybridized carbons (Fsp3) is 0.188. The van der Waals surface area contributed by atoms with Crippen molar-refractivity contribution in [1.82, 2.24) is 0 Å². The molecule has 26 heavy (non-hydrogen) atoms. The number of hydrogen-bond acceptors (Lipinski definition) is 4. The molecule has 0 radical (unpaired) electrons. The molecule has 0 heterocycles. The molecule has 2 aromatic rings. The Morgan fingerprint density at radius 3 is 2.31 bits per heavy atom. The zero-order valence-corrected chi connectivity index (χ0v) is 14.7. The molecule has 0 bridgehead atoms. The number of carbonyl (C=O) groups is 1. The van der Waals surface area contributed by atoms with E-state index in [0.29, 0.717) is 5.02 Å². The van der Waals surface area contributed by atoms with E-state index < -0.39 is 34.3 Å². The third-order valence-electron chi connectivity index (χ3n) is 3.05. The van der Waals surface area contributed by atoms with Gasteiger partial charge < -0.3 is 10.1 Å². The van der Waals surface area contributed by atoms with Crippen LogP contribution in [0.15, 0.2) is 53.4 Å². The molecule has 0 aliphatic carbocycles. The van der Waals surface area contributed by atoms with Crippen LogP contribution in [0.5, 0.6) is 5.75 Å². The molecule has 2 rings (SSSR count). The molecule has 0 saturated heterocycles. The summed E-state index contributed by atoms with van der Waals surface area (Å²) in [5.74, 6) is -2.02. The number of hydrogen-bond donors (Lipinski definition) is 1. The predicted octanol–water partition coefficient (Wildman–Crippen LogP) is 3.69. The van der Waals surface area contributed by atoms with Gasteiger partial charge in [-0.2, -0.15) is 13.2 Å².